The summed E-state index contributed by atoms with van der Waals surface area (Å²) in [4.78, 5) is 11.7. The minimum absolute atomic E-state index is 0.0731. The fourth-order valence-corrected chi connectivity index (χ4v) is 2.89. The van der Waals surface area contributed by atoms with Gasteiger partial charge < -0.3 is 10.6 Å². The van der Waals surface area contributed by atoms with Crippen molar-refractivity contribution in [2.75, 3.05) is 13.1 Å². The lowest BCUT2D eigenvalue weighted by Crippen LogP contribution is -2.43. The fourth-order valence-electron chi connectivity index (χ4n) is 2.89. The van der Waals surface area contributed by atoms with Crippen molar-refractivity contribution in [1.29, 1.82) is 0 Å². The van der Waals surface area contributed by atoms with Gasteiger partial charge in [0.05, 0.1) is 6.04 Å². The summed E-state index contributed by atoms with van der Waals surface area (Å²) in [5.41, 5.74) is 0. The van der Waals surface area contributed by atoms with E-state index in [1.165, 1.54) is 38.5 Å². The maximum atomic E-state index is 11.7. The Hall–Kier alpha value is -0.570. The van der Waals surface area contributed by atoms with Crippen LogP contribution in [-0.4, -0.2) is 25.0 Å². The summed E-state index contributed by atoms with van der Waals surface area (Å²) in [5.74, 6) is 1.13. The molecule has 1 atom stereocenters. The zero-order valence-corrected chi connectivity index (χ0v) is 10.1. The van der Waals surface area contributed by atoms with Crippen molar-refractivity contribution in [3.8, 4) is 0 Å². The lowest BCUT2D eigenvalue weighted by molar-refractivity contribution is -0.122. The molecule has 1 aliphatic carbocycles. The van der Waals surface area contributed by atoms with E-state index in [0.717, 1.165) is 31.8 Å². The Kier molecular flexibility index (Phi) is 4.64. The second kappa shape index (κ2) is 6.24. The smallest absolute Gasteiger partial charge is 0.237 e. The highest BCUT2D eigenvalue weighted by molar-refractivity contribution is 5.81. The first-order valence-corrected chi connectivity index (χ1v) is 6.87. The van der Waals surface area contributed by atoms with Crippen LogP contribution in [0.3, 0.4) is 0 Å². The molecule has 2 fully saturated rings. The first kappa shape index (κ1) is 11.9. The van der Waals surface area contributed by atoms with E-state index in [-0.39, 0.29) is 11.9 Å². The third kappa shape index (κ3) is 3.48. The molecule has 2 rings (SSSR count). The average Bonchev–Trinajstić information content (AvgIpc) is 2.71. The molecule has 1 aliphatic heterocycles. The van der Waals surface area contributed by atoms with Crippen molar-refractivity contribution < 1.29 is 4.79 Å². The van der Waals surface area contributed by atoms with Crippen LogP contribution in [0.4, 0.5) is 0 Å². The Morgan fingerprint density at radius 1 is 1.12 bits per heavy atom. The van der Waals surface area contributed by atoms with Gasteiger partial charge >= 0.3 is 0 Å². The normalized spacial score (nSPS) is 27.8. The lowest BCUT2D eigenvalue weighted by Gasteiger charge is -2.16. The fraction of sp³-hybridized carbons (Fsp3) is 0.923. The number of amides is 1. The van der Waals surface area contributed by atoms with Crippen LogP contribution in [0.1, 0.15) is 51.4 Å². The third-order valence-corrected chi connectivity index (χ3v) is 3.95. The molecule has 1 amide bonds. The predicted octanol–water partition coefficient (Wildman–Crippen LogP) is 1.82. The molecular weight excluding hydrogens is 200 g/mol. The van der Waals surface area contributed by atoms with Crippen LogP contribution >= 0.6 is 0 Å². The van der Waals surface area contributed by atoms with Crippen LogP contribution in [0.2, 0.25) is 0 Å². The van der Waals surface area contributed by atoms with Crippen LogP contribution < -0.4 is 10.6 Å². The number of nitrogens with one attached hydrogen (secondary N) is 2. The molecule has 1 heterocycles. The van der Waals surface area contributed by atoms with Crippen LogP contribution in [-0.2, 0) is 4.79 Å². The largest absolute Gasteiger partial charge is 0.355 e. The maximum absolute atomic E-state index is 11.7. The molecule has 0 aromatic rings. The summed E-state index contributed by atoms with van der Waals surface area (Å²) in [6.07, 6.45) is 10.2. The maximum Gasteiger partial charge on any atom is 0.237 e. The molecule has 2 N–H and O–H groups in total. The van der Waals surface area contributed by atoms with Crippen molar-refractivity contribution in [3.63, 3.8) is 0 Å². The van der Waals surface area contributed by atoms with E-state index in [1.807, 2.05) is 0 Å². The van der Waals surface area contributed by atoms with Crippen LogP contribution in [0.25, 0.3) is 0 Å². The van der Waals surface area contributed by atoms with Gasteiger partial charge in [-0.15, -0.1) is 0 Å². The van der Waals surface area contributed by atoms with Crippen molar-refractivity contribution in [2.45, 2.75) is 57.4 Å². The van der Waals surface area contributed by atoms with Gasteiger partial charge in [-0.3, -0.25) is 4.79 Å². The van der Waals surface area contributed by atoms with Crippen molar-refractivity contribution >= 4 is 5.91 Å². The quantitative estimate of drug-likeness (QED) is 0.765. The van der Waals surface area contributed by atoms with Crippen molar-refractivity contribution in [1.82, 2.24) is 10.6 Å². The highest BCUT2D eigenvalue weighted by Crippen LogP contribution is 2.26. The molecule has 3 heteroatoms. The Labute approximate surface area is 98.4 Å². The minimum atomic E-state index is 0.0731. The molecular formula is C13H24N2O. The van der Waals surface area contributed by atoms with E-state index in [9.17, 15) is 4.79 Å². The van der Waals surface area contributed by atoms with Crippen molar-refractivity contribution in [2.24, 2.45) is 5.92 Å². The summed E-state index contributed by atoms with van der Waals surface area (Å²) in [6, 6.07) is 0.0731. The monoisotopic (exact) mass is 224 g/mol. The van der Waals surface area contributed by atoms with Crippen LogP contribution in [0, 0.1) is 5.92 Å². The van der Waals surface area contributed by atoms with E-state index >= 15 is 0 Å². The zero-order valence-electron chi connectivity index (χ0n) is 10.1. The highest BCUT2D eigenvalue weighted by atomic mass is 16.2. The second-order valence-electron chi connectivity index (χ2n) is 5.23. The van der Waals surface area contributed by atoms with E-state index in [0.29, 0.717) is 0 Å². The van der Waals surface area contributed by atoms with Gasteiger partial charge in [0.1, 0.15) is 0 Å². The number of hydrogen-bond acceptors (Lipinski definition) is 2. The zero-order chi connectivity index (χ0) is 11.2. The van der Waals surface area contributed by atoms with Crippen LogP contribution in [0.15, 0.2) is 0 Å². The standard InChI is InChI=1S/C13H24N2O/c16-13-12(7-3-4-9-15-13)14-10-8-11-5-1-2-6-11/h11-12,14H,1-10H2,(H,15,16). The molecule has 92 valence electrons. The van der Waals surface area contributed by atoms with Gasteiger partial charge in [0.2, 0.25) is 5.91 Å². The van der Waals surface area contributed by atoms with Gasteiger partial charge in [-0.25, -0.2) is 0 Å². The minimum Gasteiger partial charge on any atom is -0.355 e. The molecule has 0 spiro atoms. The Morgan fingerprint density at radius 2 is 1.88 bits per heavy atom. The molecule has 16 heavy (non-hydrogen) atoms. The van der Waals surface area contributed by atoms with Gasteiger partial charge in [0.25, 0.3) is 0 Å². The highest BCUT2D eigenvalue weighted by Gasteiger charge is 2.20. The second-order valence-corrected chi connectivity index (χ2v) is 5.23. The van der Waals surface area contributed by atoms with Crippen molar-refractivity contribution in [3.05, 3.63) is 0 Å². The van der Waals surface area contributed by atoms with E-state index in [1.54, 1.807) is 0 Å². The Bertz CT molecular complexity index is 224. The molecule has 1 saturated heterocycles. The van der Waals surface area contributed by atoms with Gasteiger partial charge in [-0.1, -0.05) is 25.7 Å². The summed E-state index contributed by atoms with van der Waals surface area (Å²) in [6.45, 7) is 1.88. The molecule has 0 aromatic heterocycles. The Morgan fingerprint density at radius 3 is 2.69 bits per heavy atom. The summed E-state index contributed by atoms with van der Waals surface area (Å²) in [5, 5.41) is 6.40. The van der Waals surface area contributed by atoms with Gasteiger partial charge in [0, 0.05) is 6.54 Å². The lowest BCUT2D eigenvalue weighted by atomic mass is 10.0. The Balaban J connectivity index is 1.65. The van der Waals surface area contributed by atoms with E-state index in [4.69, 9.17) is 0 Å². The number of carbonyl (C=O) groups excluding carboxylic acids is 1. The van der Waals surface area contributed by atoms with Gasteiger partial charge in [-0.2, -0.15) is 0 Å². The number of carbonyl (C=O) groups is 1. The number of rotatable bonds is 4. The van der Waals surface area contributed by atoms with Gasteiger partial charge in [-0.05, 0) is 38.1 Å². The summed E-state index contributed by atoms with van der Waals surface area (Å²) in [7, 11) is 0. The first-order valence-electron chi connectivity index (χ1n) is 6.87. The topological polar surface area (TPSA) is 41.1 Å². The molecule has 0 radical (unpaired) electrons. The third-order valence-electron chi connectivity index (χ3n) is 3.95. The predicted molar refractivity (Wildman–Crippen MR) is 65.2 cm³/mol. The number of hydrogen-bond donors (Lipinski definition) is 2. The molecule has 1 saturated carbocycles. The molecule has 0 bridgehead atoms. The summed E-state index contributed by atoms with van der Waals surface area (Å²) >= 11 is 0. The van der Waals surface area contributed by atoms with Crippen LogP contribution in [0.5, 0.6) is 0 Å². The average molecular weight is 224 g/mol. The van der Waals surface area contributed by atoms with Gasteiger partial charge in [0.15, 0.2) is 0 Å². The molecule has 0 aromatic carbocycles. The molecule has 3 nitrogen and oxygen atoms in total. The molecule has 2 aliphatic rings. The summed E-state index contributed by atoms with van der Waals surface area (Å²) < 4.78 is 0. The van der Waals surface area contributed by atoms with E-state index < -0.39 is 0 Å². The first-order chi connectivity index (χ1) is 7.86. The SMILES string of the molecule is O=C1NCCCCC1NCCC1CCCC1. The molecule has 1 unspecified atom stereocenters. The van der Waals surface area contributed by atoms with E-state index in [2.05, 4.69) is 10.6 Å².